The fourth-order valence-corrected chi connectivity index (χ4v) is 6.76. The number of aryl methyl sites for hydroxylation is 2. The van der Waals surface area contributed by atoms with Gasteiger partial charge in [-0.05, 0) is 89.2 Å². The summed E-state index contributed by atoms with van der Waals surface area (Å²) >= 11 is 0. The Morgan fingerprint density at radius 3 is 1.89 bits per heavy atom. The first-order chi connectivity index (χ1) is 27.5. The highest BCUT2D eigenvalue weighted by atomic mass is 31.2. The third-order valence-corrected chi connectivity index (χ3v) is 10.5. The number of carbonyl (C=O) groups is 2. The standard InChI is InChI=1S/C45H76NO10P/c1-5-7-23-30-42-38(3)39(4)43(56-42)31-25-20-17-18-21-26-32-44(48)52-36-41(37-54-57(50,51)53-35-34-46)55-45(49)33-27-22-16-14-12-10-8-9-11-13-15-19-24-29-40(47)28-6-2/h8,10-11,13-14,16,19,24,40-41,47H,5-7,9,12,15,17-18,20-23,25-37,46H2,1-4H3,(H,50,51)/b10-8-,13-11-,16-14-,24-19-/t40?,41-/m1/s1. The van der Waals surface area contributed by atoms with Crippen LogP contribution in [0.2, 0.25) is 0 Å². The van der Waals surface area contributed by atoms with Crippen molar-refractivity contribution in [3.63, 3.8) is 0 Å². The van der Waals surface area contributed by atoms with Crippen LogP contribution in [-0.4, -0.2) is 60.5 Å². The van der Waals surface area contributed by atoms with Gasteiger partial charge in [-0.15, -0.1) is 0 Å². The van der Waals surface area contributed by atoms with Gasteiger partial charge in [0.2, 0.25) is 0 Å². The summed E-state index contributed by atoms with van der Waals surface area (Å²) in [6, 6.07) is 0. The van der Waals surface area contributed by atoms with Crippen molar-refractivity contribution in [2.45, 2.75) is 175 Å². The summed E-state index contributed by atoms with van der Waals surface area (Å²) in [5.41, 5.74) is 7.94. The van der Waals surface area contributed by atoms with Gasteiger partial charge in [0.1, 0.15) is 18.1 Å². The third kappa shape index (κ3) is 28.3. The smallest absolute Gasteiger partial charge is 0.466 e. The normalized spacial score (nSPS) is 14.3. The molecule has 57 heavy (non-hydrogen) atoms. The molecule has 0 spiro atoms. The van der Waals surface area contributed by atoms with E-state index in [1.54, 1.807) is 0 Å². The number of allylic oxidation sites excluding steroid dienone is 7. The monoisotopic (exact) mass is 822 g/mol. The minimum Gasteiger partial charge on any atom is -0.466 e. The number of esters is 2. The van der Waals surface area contributed by atoms with Gasteiger partial charge in [0.15, 0.2) is 6.10 Å². The highest BCUT2D eigenvalue weighted by Crippen LogP contribution is 2.43. The Bertz CT molecular complexity index is 1370. The molecule has 0 aliphatic heterocycles. The largest absolute Gasteiger partial charge is 0.472 e. The van der Waals surface area contributed by atoms with Gasteiger partial charge in [-0.25, -0.2) is 4.57 Å². The molecule has 326 valence electrons. The van der Waals surface area contributed by atoms with E-state index >= 15 is 0 Å². The Balaban J connectivity index is 2.34. The number of aliphatic hydroxyl groups is 1. The molecule has 0 aromatic carbocycles. The summed E-state index contributed by atoms with van der Waals surface area (Å²) < 4.78 is 38.9. The molecule has 12 heteroatoms. The number of ether oxygens (including phenoxy) is 2. The molecule has 1 rings (SSSR count). The minimum atomic E-state index is -4.42. The van der Waals surface area contributed by atoms with Crippen LogP contribution in [0.25, 0.3) is 0 Å². The zero-order chi connectivity index (χ0) is 42.0. The van der Waals surface area contributed by atoms with E-state index in [9.17, 15) is 24.2 Å². The summed E-state index contributed by atoms with van der Waals surface area (Å²) in [7, 11) is -4.42. The second kappa shape index (κ2) is 34.1. The first-order valence-corrected chi connectivity index (χ1v) is 23.0. The average molecular weight is 822 g/mol. The maximum atomic E-state index is 12.6. The molecular weight excluding hydrogens is 745 g/mol. The van der Waals surface area contributed by atoms with Gasteiger partial charge in [-0.2, -0.15) is 0 Å². The highest BCUT2D eigenvalue weighted by molar-refractivity contribution is 7.47. The number of unbranched alkanes of at least 4 members (excludes halogenated alkanes) is 8. The summed E-state index contributed by atoms with van der Waals surface area (Å²) in [5, 5.41) is 9.73. The number of nitrogens with two attached hydrogens (primary N) is 1. The third-order valence-electron chi connectivity index (χ3n) is 9.48. The van der Waals surface area contributed by atoms with E-state index in [4.69, 9.17) is 28.7 Å². The molecule has 0 fully saturated rings. The van der Waals surface area contributed by atoms with Gasteiger partial charge in [0, 0.05) is 32.2 Å². The molecule has 1 aromatic rings. The predicted octanol–water partition coefficient (Wildman–Crippen LogP) is 10.6. The first kappa shape index (κ1) is 52.2. The predicted molar refractivity (Wildman–Crippen MR) is 229 cm³/mol. The van der Waals surface area contributed by atoms with Crippen molar-refractivity contribution >= 4 is 19.8 Å². The maximum Gasteiger partial charge on any atom is 0.472 e. The quantitative estimate of drug-likeness (QED) is 0.0255. The second-order valence-corrected chi connectivity index (χ2v) is 16.1. The molecule has 2 unspecified atom stereocenters. The molecule has 0 radical (unpaired) electrons. The Morgan fingerprint density at radius 1 is 0.719 bits per heavy atom. The summed E-state index contributed by atoms with van der Waals surface area (Å²) in [5.74, 6) is 1.31. The summed E-state index contributed by atoms with van der Waals surface area (Å²) in [6.07, 6.45) is 33.3. The Kier molecular flexibility index (Phi) is 31.3. The fourth-order valence-electron chi connectivity index (χ4n) is 6.00. The van der Waals surface area contributed by atoms with Crippen molar-refractivity contribution in [3.05, 3.63) is 71.3 Å². The number of furan rings is 1. The SMILES string of the molecule is CCCCCc1oc(CCCCCCCCC(=O)OC[C@H](COP(=O)(O)OCCN)OC(=O)CCC/C=C\C/C=C\C/C=C\C/C=C\CC(O)CCC)c(C)c1C. The molecule has 3 atom stereocenters. The van der Waals surface area contributed by atoms with E-state index in [2.05, 4.69) is 58.1 Å². The van der Waals surface area contributed by atoms with Crippen LogP contribution in [0.5, 0.6) is 0 Å². The van der Waals surface area contributed by atoms with Gasteiger partial charge in [-0.1, -0.05) is 107 Å². The maximum absolute atomic E-state index is 12.6. The van der Waals surface area contributed by atoms with Crippen molar-refractivity contribution in [3.8, 4) is 0 Å². The van der Waals surface area contributed by atoms with Crippen LogP contribution < -0.4 is 5.73 Å². The highest BCUT2D eigenvalue weighted by Gasteiger charge is 2.26. The summed E-state index contributed by atoms with van der Waals surface area (Å²) in [4.78, 5) is 35.0. The number of rotatable bonds is 36. The number of phosphoric acid groups is 1. The minimum absolute atomic E-state index is 0.0291. The van der Waals surface area contributed by atoms with Gasteiger partial charge >= 0.3 is 19.8 Å². The van der Waals surface area contributed by atoms with Crippen LogP contribution >= 0.6 is 7.82 Å². The topological polar surface area (TPSA) is 168 Å². The average Bonchev–Trinajstić information content (AvgIpc) is 3.45. The number of hydrogen-bond acceptors (Lipinski definition) is 10. The van der Waals surface area contributed by atoms with Crippen LogP contribution in [0.15, 0.2) is 53.0 Å². The molecule has 0 saturated carbocycles. The Labute approximate surface area is 344 Å². The zero-order valence-electron chi connectivity index (χ0n) is 35.6. The van der Waals surface area contributed by atoms with Gasteiger partial charge in [0.25, 0.3) is 0 Å². The lowest BCUT2D eigenvalue weighted by Gasteiger charge is -2.19. The molecule has 1 heterocycles. The Hall–Kier alpha value is -2.79. The van der Waals surface area contributed by atoms with E-state index in [0.717, 1.165) is 88.6 Å². The number of phosphoric ester groups is 1. The lowest BCUT2D eigenvalue weighted by atomic mass is 10.0. The van der Waals surface area contributed by atoms with Crippen molar-refractivity contribution < 1.29 is 47.1 Å². The molecule has 0 aliphatic carbocycles. The van der Waals surface area contributed by atoms with Gasteiger partial charge in [-0.3, -0.25) is 18.6 Å². The van der Waals surface area contributed by atoms with Crippen LogP contribution in [0, 0.1) is 13.8 Å². The molecule has 1 aromatic heterocycles. The molecule has 0 bridgehead atoms. The number of aliphatic hydroxyl groups excluding tert-OH is 1. The molecular formula is C45H76NO10P. The zero-order valence-corrected chi connectivity index (χ0v) is 36.5. The van der Waals surface area contributed by atoms with Crippen molar-refractivity contribution in [2.24, 2.45) is 5.73 Å². The van der Waals surface area contributed by atoms with E-state index in [1.165, 1.54) is 30.4 Å². The van der Waals surface area contributed by atoms with Crippen molar-refractivity contribution in [1.82, 2.24) is 0 Å². The van der Waals surface area contributed by atoms with Crippen LogP contribution in [0.1, 0.15) is 158 Å². The van der Waals surface area contributed by atoms with Crippen molar-refractivity contribution in [2.75, 3.05) is 26.4 Å². The molecule has 11 nitrogen and oxygen atoms in total. The summed E-state index contributed by atoms with van der Waals surface area (Å²) in [6.45, 7) is 7.68. The van der Waals surface area contributed by atoms with E-state index in [1.807, 2.05) is 18.2 Å². The van der Waals surface area contributed by atoms with Crippen molar-refractivity contribution in [1.29, 1.82) is 0 Å². The molecule has 0 amide bonds. The molecule has 0 aliphatic rings. The van der Waals surface area contributed by atoms with Gasteiger partial charge < -0.3 is 29.6 Å². The first-order valence-electron chi connectivity index (χ1n) is 21.6. The molecule has 4 N–H and O–H groups in total. The van der Waals surface area contributed by atoms with E-state index in [0.29, 0.717) is 25.7 Å². The lowest BCUT2D eigenvalue weighted by Crippen LogP contribution is -2.29. The van der Waals surface area contributed by atoms with Crippen LogP contribution in [0.3, 0.4) is 0 Å². The van der Waals surface area contributed by atoms with Crippen LogP contribution in [0.4, 0.5) is 0 Å². The fraction of sp³-hybridized carbons (Fsp3) is 0.689. The number of hydrogen-bond donors (Lipinski definition) is 3. The second-order valence-electron chi connectivity index (χ2n) is 14.6. The van der Waals surface area contributed by atoms with E-state index < -0.39 is 32.5 Å². The molecule has 0 saturated heterocycles. The van der Waals surface area contributed by atoms with Crippen LogP contribution in [-0.2, 0) is 45.5 Å². The Morgan fingerprint density at radius 2 is 1.28 bits per heavy atom. The number of carbonyl (C=O) groups excluding carboxylic acids is 2. The lowest BCUT2D eigenvalue weighted by molar-refractivity contribution is -0.161. The van der Waals surface area contributed by atoms with E-state index in [-0.39, 0.29) is 38.7 Å². The van der Waals surface area contributed by atoms with Gasteiger partial charge in [0.05, 0.1) is 19.3 Å².